The fourth-order valence-corrected chi connectivity index (χ4v) is 2.60. The van der Waals surface area contributed by atoms with Gasteiger partial charge in [-0.1, -0.05) is 17.7 Å². The maximum atomic E-state index is 13.1. The Morgan fingerprint density at radius 1 is 0.938 bits per heavy atom. The van der Waals surface area contributed by atoms with E-state index in [4.69, 9.17) is 23.8 Å². The SMILES string of the molecule is Cc1ccc(NC(=S)Nc2cc(OCC(F)(F)F)cc(OCC(F)(F)C(F)F)c2)cc1Cl. The maximum Gasteiger partial charge on any atom is 0.422 e. The van der Waals surface area contributed by atoms with Gasteiger partial charge in [0.25, 0.3) is 0 Å². The number of nitrogens with one attached hydrogen (secondary N) is 2. The first-order valence-electron chi connectivity index (χ1n) is 8.73. The molecule has 0 bridgehead atoms. The second-order valence-electron chi connectivity index (χ2n) is 6.49. The molecule has 0 radical (unpaired) electrons. The minimum Gasteiger partial charge on any atom is -0.487 e. The summed E-state index contributed by atoms with van der Waals surface area (Å²) in [5.41, 5.74) is 1.30. The number of hydrogen-bond donors (Lipinski definition) is 2. The number of hydrogen-bond acceptors (Lipinski definition) is 3. The van der Waals surface area contributed by atoms with Crippen LogP contribution in [0.25, 0.3) is 0 Å². The lowest BCUT2D eigenvalue weighted by molar-refractivity contribution is -0.153. The van der Waals surface area contributed by atoms with E-state index in [9.17, 15) is 30.7 Å². The van der Waals surface area contributed by atoms with Gasteiger partial charge in [-0.05, 0) is 36.8 Å². The Morgan fingerprint density at radius 3 is 2.03 bits per heavy atom. The third kappa shape index (κ3) is 8.23. The van der Waals surface area contributed by atoms with Gasteiger partial charge in [-0.2, -0.15) is 22.0 Å². The molecule has 0 saturated carbocycles. The summed E-state index contributed by atoms with van der Waals surface area (Å²) in [5, 5.41) is 5.83. The van der Waals surface area contributed by atoms with Crippen LogP contribution in [0.1, 0.15) is 5.56 Å². The van der Waals surface area contributed by atoms with Crippen LogP contribution in [-0.4, -0.2) is 36.9 Å². The van der Waals surface area contributed by atoms with Crippen LogP contribution in [-0.2, 0) is 0 Å². The molecule has 0 unspecified atom stereocenters. The first-order valence-corrected chi connectivity index (χ1v) is 9.51. The first kappa shape index (κ1) is 25.8. The fraction of sp³-hybridized carbons (Fsp3) is 0.316. The zero-order valence-corrected chi connectivity index (χ0v) is 17.8. The van der Waals surface area contributed by atoms with E-state index >= 15 is 0 Å². The van der Waals surface area contributed by atoms with E-state index in [2.05, 4.69) is 20.1 Å². The molecule has 0 atom stereocenters. The summed E-state index contributed by atoms with van der Waals surface area (Å²) < 4.78 is 97.6. The van der Waals surface area contributed by atoms with Crippen LogP contribution < -0.4 is 20.1 Å². The molecule has 0 aliphatic heterocycles. The molecule has 0 fully saturated rings. The zero-order chi connectivity index (χ0) is 24.1. The van der Waals surface area contributed by atoms with Crippen LogP contribution in [0.5, 0.6) is 11.5 Å². The number of alkyl halides is 7. The van der Waals surface area contributed by atoms with E-state index in [0.29, 0.717) is 10.7 Å². The molecular weight excluding hydrogens is 489 g/mol. The fourth-order valence-electron chi connectivity index (χ4n) is 2.18. The smallest absolute Gasteiger partial charge is 0.422 e. The molecule has 0 amide bonds. The second-order valence-corrected chi connectivity index (χ2v) is 7.31. The van der Waals surface area contributed by atoms with E-state index < -0.39 is 43.2 Å². The Kier molecular flexibility index (Phi) is 8.41. The van der Waals surface area contributed by atoms with Gasteiger partial charge in [0.15, 0.2) is 18.3 Å². The van der Waals surface area contributed by atoms with Gasteiger partial charge in [-0.3, -0.25) is 0 Å². The third-order valence-electron chi connectivity index (χ3n) is 3.72. The molecule has 0 aromatic heterocycles. The van der Waals surface area contributed by atoms with Crippen molar-refractivity contribution in [3.8, 4) is 11.5 Å². The number of benzene rings is 2. The minimum atomic E-state index is -4.67. The third-order valence-corrected chi connectivity index (χ3v) is 4.33. The van der Waals surface area contributed by atoms with Crippen LogP contribution in [0.4, 0.5) is 42.1 Å². The van der Waals surface area contributed by atoms with E-state index in [0.717, 1.165) is 23.8 Å². The molecule has 2 aromatic rings. The van der Waals surface area contributed by atoms with Gasteiger partial charge in [-0.15, -0.1) is 0 Å². The highest BCUT2D eigenvalue weighted by molar-refractivity contribution is 7.80. The minimum absolute atomic E-state index is 0.00394. The van der Waals surface area contributed by atoms with Crippen LogP contribution in [0.15, 0.2) is 36.4 Å². The Labute approximate surface area is 188 Å². The first-order chi connectivity index (χ1) is 14.7. The lowest BCUT2D eigenvalue weighted by Gasteiger charge is -2.18. The number of rotatable bonds is 8. The molecule has 2 rings (SSSR count). The Balaban J connectivity index is 2.18. The van der Waals surface area contributed by atoms with Crippen molar-refractivity contribution >= 4 is 40.3 Å². The molecule has 13 heteroatoms. The monoisotopic (exact) mass is 504 g/mol. The molecule has 0 aliphatic rings. The van der Waals surface area contributed by atoms with Gasteiger partial charge in [0, 0.05) is 34.6 Å². The van der Waals surface area contributed by atoms with Crippen molar-refractivity contribution in [1.29, 1.82) is 0 Å². The van der Waals surface area contributed by atoms with Gasteiger partial charge in [0.2, 0.25) is 0 Å². The average molecular weight is 505 g/mol. The number of halogens is 8. The van der Waals surface area contributed by atoms with Gasteiger partial charge in [0.05, 0.1) is 0 Å². The molecule has 0 heterocycles. The summed E-state index contributed by atoms with van der Waals surface area (Å²) in [6.45, 7) is -1.58. The van der Waals surface area contributed by atoms with E-state index in [1.54, 1.807) is 25.1 Å². The van der Waals surface area contributed by atoms with Crippen molar-refractivity contribution in [2.24, 2.45) is 0 Å². The highest BCUT2D eigenvalue weighted by atomic mass is 35.5. The zero-order valence-electron chi connectivity index (χ0n) is 16.2. The standard InChI is InChI=1S/C19H16ClF7N2O2S/c1-10-2-3-11(6-15(10)20)28-17(32)29-12-4-13(30-8-18(23,24)16(21)22)7-14(5-12)31-9-19(25,26)27/h2-7,16H,8-9H2,1H3,(H2,28,29,32). The molecule has 0 spiro atoms. The van der Waals surface area contributed by atoms with Gasteiger partial charge < -0.3 is 20.1 Å². The summed E-state index contributed by atoms with van der Waals surface area (Å²) in [6, 6.07) is 7.99. The average Bonchev–Trinajstić information content (AvgIpc) is 2.67. The summed E-state index contributed by atoms with van der Waals surface area (Å²) in [7, 11) is 0. The molecule has 2 aromatic carbocycles. The summed E-state index contributed by atoms with van der Waals surface area (Å²) in [4.78, 5) is 0. The molecule has 4 nitrogen and oxygen atoms in total. The molecular formula is C19H16ClF7N2O2S. The second kappa shape index (κ2) is 10.4. The van der Waals surface area contributed by atoms with Crippen LogP contribution in [0.2, 0.25) is 5.02 Å². The van der Waals surface area contributed by atoms with Crippen LogP contribution >= 0.6 is 23.8 Å². The van der Waals surface area contributed by atoms with E-state index in [-0.39, 0.29) is 10.8 Å². The number of anilines is 2. The Morgan fingerprint density at radius 2 is 1.50 bits per heavy atom. The molecule has 0 aliphatic carbocycles. The van der Waals surface area contributed by atoms with Crippen LogP contribution in [0.3, 0.4) is 0 Å². The molecule has 2 N–H and O–H groups in total. The Hall–Kier alpha value is -2.47. The largest absolute Gasteiger partial charge is 0.487 e. The number of ether oxygens (including phenoxy) is 2. The lowest BCUT2D eigenvalue weighted by atomic mass is 10.2. The molecule has 32 heavy (non-hydrogen) atoms. The van der Waals surface area contributed by atoms with Crippen LogP contribution in [0, 0.1) is 6.92 Å². The molecule has 0 saturated heterocycles. The Bertz CT molecular complexity index is 958. The molecule has 176 valence electrons. The summed E-state index contributed by atoms with van der Waals surface area (Å²) in [6.07, 6.45) is -8.66. The van der Waals surface area contributed by atoms with Gasteiger partial charge in [-0.25, -0.2) is 8.78 Å². The van der Waals surface area contributed by atoms with E-state index in [1.165, 1.54) is 0 Å². The summed E-state index contributed by atoms with van der Waals surface area (Å²) in [5.74, 6) is -5.31. The van der Waals surface area contributed by atoms with Crippen molar-refractivity contribution in [3.05, 3.63) is 47.0 Å². The van der Waals surface area contributed by atoms with Crippen molar-refractivity contribution in [2.45, 2.75) is 25.4 Å². The predicted octanol–water partition coefficient (Wildman–Crippen LogP) is 6.68. The number of aryl methyl sites for hydroxylation is 1. The number of thiocarbonyl (C=S) groups is 1. The highest BCUT2D eigenvalue weighted by Crippen LogP contribution is 2.30. The topological polar surface area (TPSA) is 42.5 Å². The van der Waals surface area contributed by atoms with Crippen molar-refractivity contribution < 1.29 is 40.2 Å². The van der Waals surface area contributed by atoms with Gasteiger partial charge >= 0.3 is 18.5 Å². The lowest BCUT2D eigenvalue weighted by Crippen LogP contribution is -2.33. The quantitative estimate of drug-likeness (QED) is 0.310. The highest BCUT2D eigenvalue weighted by Gasteiger charge is 2.41. The summed E-state index contributed by atoms with van der Waals surface area (Å²) >= 11 is 11.1. The van der Waals surface area contributed by atoms with Crippen molar-refractivity contribution in [2.75, 3.05) is 23.8 Å². The van der Waals surface area contributed by atoms with Crippen molar-refractivity contribution in [1.82, 2.24) is 0 Å². The van der Waals surface area contributed by atoms with Crippen molar-refractivity contribution in [3.63, 3.8) is 0 Å². The maximum absolute atomic E-state index is 13.1. The predicted molar refractivity (Wildman–Crippen MR) is 110 cm³/mol. The van der Waals surface area contributed by atoms with Gasteiger partial charge in [0.1, 0.15) is 11.5 Å². The normalized spacial score (nSPS) is 11.9. The van der Waals surface area contributed by atoms with E-state index in [1.807, 2.05) is 0 Å².